The number of fused-ring (bicyclic) bond motifs is 1. The maximum atomic E-state index is 12.4. The Morgan fingerprint density at radius 1 is 1.47 bits per heavy atom. The number of carbonyl (C=O) groups excluding carboxylic acids is 1. The number of likely N-dealkylation sites (N-methyl/N-ethyl adjacent to an activating group) is 1. The van der Waals surface area contributed by atoms with Gasteiger partial charge in [0.1, 0.15) is 6.04 Å². The molecule has 3 nitrogen and oxygen atoms in total. The van der Waals surface area contributed by atoms with Gasteiger partial charge >= 0.3 is 0 Å². The average Bonchev–Trinajstić information content (AvgIpc) is 2.45. The molecule has 2 unspecified atom stereocenters. The van der Waals surface area contributed by atoms with E-state index in [-0.39, 0.29) is 11.9 Å². The highest BCUT2D eigenvalue weighted by molar-refractivity contribution is 5.85. The second-order valence-electron chi connectivity index (χ2n) is 5.62. The van der Waals surface area contributed by atoms with E-state index in [0.717, 1.165) is 31.5 Å². The van der Waals surface area contributed by atoms with E-state index in [1.54, 1.807) is 0 Å². The normalized spacial score (nSPS) is 19.2. The van der Waals surface area contributed by atoms with Crippen LogP contribution in [0.2, 0.25) is 0 Å². The van der Waals surface area contributed by atoms with E-state index < -0.39 is 0 Å². The predicted molar refractivity (Wildman–Crippen MR) is 79.3 cm³/mol. The van der Waals surface area contributed by atoms with E-state index in [9.17, 15) is 4.79 Å². The summed E-state index contributed by atoms with van der Waals surface area (Å²) in [6, 6.07) is 8.19. The van der Waals surface area contributed by atoms with E-state index in [1.807, 2.05) is 18.0 Å². The van der Waals surface area contributed by atoms with Crippen molar-refractivity contribution in [3.8, 4) is 0 Å². The highest BCUT2D eigenvalue weighted by atomic mass is 16.2. The molecule has 2 rings (SSSR count). The van der Waals surface area contributed by atoms with Gasteiger partial charge in [-0.05, 0) is 30.4 Å². The molecule has 0 aromatic heterocycles. The van der Waals surface area contributed by atoms with E-state index in [4.69, 9.17) is 0 Å². The Kier molecular flexibility index (Phi) is 4.46. The van der Waals surface area contributed by atoms with Crippen LogP contribution >= 0.6 is 0 Å². The van der Waals surface area contributed by atoms with Crippen LogP contribution < -0.4 is 5.32 Å². The van der Waals surface area contributed by atoms with E-state index in [2.05, 4.69) is 37.4 Å². The van der Waals surface area contributed by atoms with Gasteiger partial charge in [0.15, 0.2) is 0 Å². The first-order valence-corrected chi connectivity index (χ1v) is 7.21. The van der Waals surface area contributed by atoms with Crippen LogP contribution in [-0.4, -0.2) is 30.4 Å². The first-order valence-electron chi connectivity index (χ1n) is 7.21. The maximum Gasteiger partial charge on any atom is 0.244 e. The van der Waals surface area contributed by atoms with Crippen LogP contribution in [0.5, 0.6) is 0 Å². The summed E-state index contributed by atoms with van der Waals surface area (Å²) < 4.78 is 0. The molecule has 1 N–H and O–H groups in total. The van der Waals surface area contributed by atoms with Crippen LogP contribution in [0, 0.1) is 5.92 Å². The number of aryl methyl sites for hydroxylation is 1. The summed E-state index contributed by atoms with van der Waals surface area (Å²) in [7, 11) is 1.91. The molecule has 1 aliphatic rings. The third kappa shape index (κ3) is 3.28. The van der Waals surface area contributed by atoms with Gasteiger partial charge in [0.05, 0.1) is 0 Å². The minimum Gasteiger partial charge on any atom is -0.373 e. The molecule has 1 aromatic carbocycles. The first kappa shape index (κ1) is 13.9. The van der Waals surface area contributed by atoms with Gasteiger partial charge in [0.2, 0.25) is 5.91 Å². The molecule has 3 heteroatoms. The van der Waals surface area contributed by atoms with Crippen molar-refractivity contribution in [2.24, 2.45) is 5.92 Å². The third-order valence-electron chi connectivity index (χ3n) is 4.01. The molecule has 0 spiro atoms. The predicted octanol–water partition coefficient (Wildman–Crippen LogP) is 2.92. The van der Waals surface area contributed by atoms with Crippen molar-refractivity contribution in [1.29, 1.82) is 0 Å². The quantitative estimate of drug-likeness (QED) is 0.902. The number of hydrogen-bond donors (Lipinski definition) is 1. The molecule has 0 saturated carbocycles. The molecule has 0 bridgehead atoms. The van der Waals surface area contributed by atoms with Crippen molar-refractivity contribution in [3.05, 3.63) is 29.8 Å². The van der Waals surface area contributed by atoms with Crippen LogP contribution in [0.1, 0.15) is 32.3 Å². The van der Waals surface area contributed by atoms with Crippen LogP contribution in [0.4, 0.5) is 5.69 Å². The molecule has 1 amide bonds. The fraction of sp³-hybridized carbons (Fsp3) is 0.562. The lowest BCUT2D eigenvalue weighted by Crippen LogP contribution is -2.44. The van der Waals surface area contributed by atoms with E-state index in [0.29, 0.717) is 5.92 Å². The van der Waals surface area contributed by atoms with Gasteiger partial charge in [0, 0.05) is 19.3 Å². The van der Waals surface area contributed by atoms with E-state index >= 15 is 0 Å². The molecule has 19 heavy (non-hydrogen) atoms. The minimum atomic E-state index is -0.0658. The fourth-order valence-corrected chi connectivity index (χ4v) is 2.58. The number of carbonyl (C=O) groups is 1. The first-order chi connectivity index (χ1) is 9.11. The summed E-state index contributed by atoms with van der Waals surface area (Å²) in [6.45, 7) is 5.20. The monoisotopic (exact) mass is 260 g/mol. The number of anilines is 1. The number of hydrogen-bond acceptors (Lipinski definition) is 2. The molecule has 1 aromatic rings. The Balaban J connectivity index is 1.98. The number of benzene rings is 1. The topological polar surface area (TPSA) is 32.3 Å². The van der Waals surface area contributed by atoms with Crippen molar-refractivity contribution < 1.29 is 4.79 Å². The van der Waals surface area contributed by atoms with E-state index in [1.165, 1.54) is 5.56 Å². The molecule has 2 atom stereocenters. The second-order valence-corrected chi connectivity index (χ2v) is 5.62. The maximum absolute atomic E-state index is 12.4. The van der Waals surface area contributed by atoms with Gasteiger partial charge in [-0.25, -0.2) is 0 Å². The summed E-state index contributed by atoms with van der Waals surface area (Å²) in [6.07, 6.45) is 2.98. The van der Waals surface area contributed by atoms with Crippen LogP contribution in [0.3, 0.4) is 0 Å². The Hall–Kier alpha value is -1.51. The van der Waals surface area contributed by atoms with Crippen molar-refractivity contribution in [2.75, 3.05) is 18.9 Å². The van der Waals surface area contributed by atoms with Crippen LogP contribution in [0.15, 0.2) is 24.3 Å². The number of para-hydroxylation sites is 1. The molecular formula is C16H24N2O. The van der Waals surface area contributed by atoms with Crippen molar-refractivity contribution in [1.82, 2.24) is 4.90 Å². The highest BCUT2D eigenvalue weighted by Crippen LogP contribution is 2.25. The lowest BCUT2D eigenvalue weighted by molar-refractivity contribution is -0.131. The Morgan fingerprint density at radius 2 is 2.21 bits per heavy atom. The van der Waals surface area contributed by atoms with Gasteiger partial charge in [-0.2, -0.15) is 0 Å². The van der Waals surface area contributed by atoms with Gasteiger partial charge in [-0.1, -0.05) is 38.5 Å². The molecule has 0 saturated heterocycles. The Bertz CT molecular complexity index is 444. The van der Waals surface area contributed by atoms with Gasteiger partial charge in [-0.15, -0.1) is 0 Å². The Morgan fingerprint density at radius 3 is 2.95 bits per heavy atom. The summed E-state index contributed by atoms with van der Waals surface area (Å²) in [4.78, 5) is 14.3. The number of nitrogens with one attached hydrogen (secondary N) is 1. The van der Waals surface area contributed by atoms with Gasteiger partial charge in [0.25, 0.3) is 0 Å². The fourth-order valence-electron chi connectivity index (χ4n) is 2.58. The SMILES string of the molecule is CCC(C)CN(C)C(=O)C1CCc2ccccc2N1. The van der Waals surface area contributed by atoms with Gasteiger partial charge in [-0.3, -0.25) is 4.79 Å². The second kappa shape index (κ2) is 6.09. The molecule has 0 fully saturated rings. The Labute approximate surface area is 116 Å². The standard InChI is InChI=1S/C16H24N2O/c1-4-12(2)11-18(3)16(19)15-10-9-13-7-5-6-8-14(13)17-15/h5-8,12,15,17H,4,9-11H2,1-3H3. The largest absolute Gasteiger partial charge is 0.373 e. The summed E-state index contributed by atoms with van der Waals surface area (Å²) in [5.74, 6) is 0.777. The number of rotatable bonds is 4. The number of nitrogens with zero attached hydrogens (tertiary/aromatic N) is 1. The smallest absolute Gasteiger partial charge is 0.244 e. The van der Waals surface area contributed by atoms with Crippen molar-refractivity contribution in [2.45, 2.75) is 39.2 Å². The van der Waals surface area contributed by atoms with Crippen molar-refractivity contribution in [3.63, 3.8) is 0 Å². The third-order valence-corrected chi connectivity index (χ3v) is 4.01. The number of amides is 1. The molecule has 0 radical (unpaired) electrons. The molecule has 104 valence electrons. The lowest BCUT2D eigenvalue weighted by atomic mass is 9.97. The molecule has 0 aliphatic carbocycles. The minimum absolute atomic E-state index is 0.0658. The van der Waals surface area contributed by atoms with Gasteiger partial charge < -0.3 is 10.2 Å². The summed E-state index contributed by atoms with van der Waals surface area (Å²) in [5.41, 5.74) is 2.43. The zero-order valence-electron chi connectivity index (χ0n) is 12.1. The summed E-state index contributed by atoms with van der Waals surface area (Å²) in [5, 5.41) is 3.38. The zero-order chi connectivity index (χ0) is 13.8. The molecular weight excluding hydrogens is 236 g/mol. The average molecular weight is 260 g/mol. The highest BCUT2D eigenvalue weighted by Gasteiger charge is 2.26. The molecule has 1 heterocycles. The lowest BCUT2D eigenvalue weighted by Gasteiger charge is -2.30. The van der Waals surface area contributed by atoms with Crippen LogP contribution in [-0.2, 0) is 11.2 Å². The van der Waals surface area contributed by atoms with Crippen LogP contribution in [0.25, 0.3) is 0 Å². The van der Waals surface area contributed by atoms with Crippen molar-refractivity contribution >= 4 is 11.6 Å². The molecule has 1 aliphatic heterocycles. The zero-order valence-corrected chi connectivity index (χ0v) is 12.1. The summed E-state index contributed by atoms with van der Waals surface area (Å²) >= 11 is 0.